The van der Waals surface area contributed by atoms with Crippen molar-refractivity contribution in [3.05, 3.63) is 96.8 Å². The number of amides is 1. The average Bonchev–Trinajstić information content (AvgIpc) is 3.52. The van der Waals surface area contributed by atoms with Crippen molar-refractivity contribution in [2.75, 3.05) is 24.7 Å². The minimum atomic E-state index is 0.0304. The summed E-state index contributed by atoms with van der Waals surface area (Å²) < 4.78 is 13.9. The normalized spacial score (nSPS) is 15.4. The minimum absolute atomic E-state index is 0.0304. The number of hydrogen-bond donors (Lipinski definition) is 0. The Hall–Kier alpha value is -4.32. The van der Waals surface area contributed by atoms with Crippen LogP contribution in [0.2, 0.25) is 0 Å². The maximum atomic E-state index is 13.0. The van der Waals surface area contributed by atoms with Gasteiger partial charge in [-0.05, 0) is 72.6 Å². The monoisotopic (exact) mass is 505 g/mol. The molecule has 0 saturated carbocycles. The number of hydrogen-bond acceptors (Lipinski definition) is 4. The van der Waals surface area contributed by atoms with Gasteiger partial charge >= 0.3 is 0 Å². The van der Waals surface area contributed by atoms with Gasteiger partial charge in [-0.25, -0.2) is 4.98 Å². The number of benzene rings is 4. The lowest BCUT2D eigenvalue weighted by molar-refractivity contribution is -0.117. The van der Waals surface area contributed by atoms with Crippen LogP contribution < -0.4 is 14.4 Å². The molecule has 0 radical (unpaired) electrons. The summed E-state index contributed by atoms with van der Waals surface area (Å²) in [5, 5.41) is 2.38. The van der Waals surface area contributed by atoms with E-state index in [1.54, 1.807) is 0 Å². The number of anilines is 1. The molecule has 6 heteroatoms. The van der Waals surface area contributed by atoms with Crippen LogP contribution in [0.1, 0.15) is 31.5 Å². The van der Waals surface area contributed by atoms with Gasteiger partial charge in [0, 0.05) is 31.1 Å². The third-order valence-corrected chi connectivity index (χ3v) is 7.15. The molecule has 1 fully saturated rings. The lowest BCUT2D eigenvalue weighted by Crippen LogP contribution is -2.24. The minimum Gasteiger partial charge on any atom is -0.494 e. The van der Waals surface area contributed by atoms with E-state index in [9.17, 15) is 4.79 Å². The Morgan fingerprint density at radius 1 is 0.868 bits per heavy atom. The molecule has 0 N–H and O–H groups in total. The molecule has 1 aliphatic heterocycles. The number of fused-ring (bicyclic) bond motifs is 2. The number of aromatic nitrogens is 2. The molecule has 0 aliphatic carbocycles. The lowest BCUT2D eigenvalue weighted by Gasteiger charge is -2.18. The SMILES string of the molecule is CCOc1ccc(N2CC(c3nc4ccccc4n3CCCOc3ccc4ccccc4c3)CC2=O)cc1. The molecule has 1 saturated heterocycles. The predicted molar refractivity (Wildman–Crippen MR) is 151 cm³/mol. The quantitative estimate of drug-likeness (QED) is 0.212. The van der Waals surface area contributed by atoms with Crippen LogP contribution in [0.3, 0.4) is 0 Å². The number of carbonyl (C=O) groups is 1. The van der Waals surface area contributed by atoms with Crippen molar-refractivity contribution >= 4 is 33.4 Å². The first-order chi connectivity index (χ1) is 18.7. The zero-order valence-electron chi connectivity index (χ0n) is 21.5. The van der Waals surface area contributed by atoms with Gasteiger partial charge < -0.3 is 18.9 Å². The van der Waals surface area contributed by atoms with E-state index >= 15 is 0 Å². The van der Waals surface area contributed by atoms with Crippen LogP contribution in [0.5, 0.6) is 11.5 Å². The highest BCUT2D eigenvalue weighted by atomic mass is 16.5. The van der Waals surface area contributed by atoms with Crippen molar-refractivity contribution in [3.63, 3.8) is 0 Å². The number of aryl methyl sites for hydroxylation is 1. The maximum Gasteiger partial charge on any atom is 0.227 e. The summed E-state index contributed by atoms with van der Waals surface area (Å²) in [7, 11) is 0. The molecule has 38 heavy (non-hydrogen) atoms. The Morgan fingerprint density at radius 3 is 2.47 bits per heavy atom. The van der Waals surface area contributed by atoms with E-state index in [0.29, 0.717) is 26.2 Å². The van der Waals surface area contributed by atoms with Crippen LogP contribution in [0, 0.1) is 0 Å². The third-order valence-electron chi connectivity index (χ3n) is 7.15. The first-order valence-electron chi connectivity index (χ1n) is 13.3. The van der Waals surface area contributed by atoms with Crippen molar-refractivity contribution in [3.8, 4) is 11.5 Å². The van der Waals surface area contributed by atoms with Crippen LogP contribution in [0.15, 0.2) is 91.0 Å². The largest absolute Gasteiger partial charge is 0.494 e. The Morgan fingerprint density at radius 2 is 1.63 bits per heavy atom. The molecule has 2 heterocycles. The van der Waals surface area contributed by atoms with Crippen LogP contribution in [-0.4, -0.2) is 35.2 Å². The summed E-state index contributed by atoms with van der Waals surface area (Å²) in [6, 6.07) is 30.5. The van der Waals surface area contributed by atoms with Gasteiger partial charge in [-0.15, -0.1) is 0 Å². The van der Waals surface area contributed by atoms with Gasteiger partial charge in [0.05, 0.1) is 24.2 Å². The van der Waals surface area contributed by atoms with Crippen molar-refractivity contribution in [2.24, 2.45) is 0 Å². The molecule has 1 aromatic heterocycles. The first kappa shape index (κ1) is 24.0. The summed E-state index contributed by atoms with van der Waals surface area (Å²) in [5.74, 6) is 2.82. The molecular formula is C32H31N3O3. The molecule has 4 aromatic carbocycles. The molecule has 5 aromatic rings. The van der Waals surface area contributed by atoms with E-state index < -0.39 is 0 Å². The fourth-order valence-corrected chi connectivity index (χ4v) is 5.33. The fourth-order valence-electron chi connectivity index (χ4n) is 5.33. The smallest absolute Gasteiger partial charge is 0.227 e. The molecule has 192 valence electrons. The second-order valence-corrected chi connectivity index (χ2v) is 9.65. The summed E-state index contributed by atoms with van der Waals surface area (Å²) in [4.78, 5) is 19.9. The number of carbonyl (C=O) groups excluding carboxylic acids is 1. The highest BCUT2D eigenvalue weighted by Crippen LogP contribution is 2.34. The predicted octanol–water partition coefficient (Wildman–Crippen LogP) is 6.58. The molecule has 1 aliphatic rings. The van der Waals surface area contributed by atoms with Crippen LogP contribution in [-0.2, 0) is 11.3 Å². The Bertz CT molecular complexity index is 1570. The Labute approximate surface area is 222 Å². The number of imidazole rings is 1. The summed E-state index contributed by atoms with van der Waals surface area (Å²) in [6.07, 6.45) is 1.29. The average molecular weight is 506 g/mol. The second-order valence-electron chi connectivity index (χ2n) is 9.65. The highest BCUT2D eigenvalue weighted by Gasteiger charge is 2.34. The topological polar surface area (TPSA) is 56.6 Å². The molecule has 1 amide bonds. The lowest BCUT2D eigenvalue weighted by atomic mass is 10.1. The van der Waals surface area contributed by atoms with E-state index in [4.69, 9.17) is 14.5 Å². The number of nitrogens with zero attached hydrogens (tertiary/aromatic N) is 3. The molecule has 0 bridgehead atoms. The number of rotatable bonds is 9. The van der Waals surface area contributed by atoms with Gasteiger partial charge in [0.2, 0.25) is 5.91 Å². The van der Waals surface area contributed by atoms with Gasteiger partial charge in [-0.2, -0.15) is 0 Å². The third kappa shape index (κ3) is 4.82. The van der Waals surface area contributed by atoms with Crippen LogP contribution >= 0.6 is 0 Å². The van der Waals surface area contributed by atoms with Crippen LogP contribution in [0.4, 0.5) is 5.69 Å². The Balaban J connectivity index is 1.17. The van der Waals surface area contributed by atoms with E-state index in [-0.39, 0.29) is 11.8 Å². The van der Waals surface area contributed by atoms with Crippen molar-refractivity contribution < 1.29 is 14.3 Å². The van der Waals surface area contributed by atoms with E-state index in [0.717, 1.165) is 47.0 Å². The Kier molecular flexibility index (Phi) is 6.69. The summed E-state index contributed by atoms with van der Waals surface area (Å²) >= 11 is 0. The number of ether oxygens (including phenoxy) is 2. The van der Waals surface area contributed by atoms with Crippen molar-refractivity contribution in [2.45, 2.75) is 32.2 Å². The molecule has 6 nitrogen and oxygen atoms in total. The molecular weight excluding hydrogens is 474 g/mol. The zero-order valence-corrected chi connectivity index (χ0v) is 21.5. The molecule has 6 rings (SSSR count). The van der Waals surface area contributed by atoms with E-state index in [1.165, 1.54) is 10.8 Å². The molecule has 1 atom stereocenters. The van der Waals surface area contributed by atoms with E-state index in [1.807, 2.05) is 72.5 Å². The first-order valence-corrected chi connectivity index (χ1v) is 13.3. The zero-order chi connectivity index (χ0) is 25.9. The molecule has 0 spiro atoms. The van der Waals surface area contributed by atoms with Gasteiger partial charge in [0.1, 0.15) is 17.3 Å². The van der Waals surface area contributed by atoms with Crippen molar-refractivity contribution in [1.29, 1.82) is 0 Å². The van der Waals surface area contributed by atoms with Crippen molar-refractivity contribution in [1.82, 2.24) is 9.55 Å². The summed E-state index contributed by atoms with van der Waals surface area (Å²) in [5.41, 5.74) is 2.96. The standard InChI is InChI=1S/C32H31N3O3/c1-2-37-27-16-13-26(14-17-27)35-22-25(21-31(35)36)32-33-29-10-5-6-11-30(29)34(32)18-7-19-38-28-15-12-23-8-3-4-9-24(23)20-28/h3-6,8-17,20,25H,2,7,18-19,21-22H2,1H3. The van der Waals surface area contributed by atoms with Gasteiger partial charge in [0.25, 0.3) is 0 Å². The van der Waals surface area contributed by atoms with Gasteiger partial charge in [0.15, 0.2) is 0 Å². The number of para-hydroxylation sites is 2. The highest BCUT2D eigenvalue weighted by molar-refractivity contribution is 5.96. The van der Waals surface area contributed by atoms with Crippen LogP contribution in [0.25, 0.3) is 21.8 Å². The van der Waals surface area contributed by atoms with Gasteiger partial charge in [-0.3, -0.25) is 4.79 Å². The summed E-state index contributed by atoms with van der Waals surface area (Å²) in [6.45, 7) is 4.57. The fraction of sp³-hybridized carbons (Fsp3) is 0.250. The van der Waals surface area contributed by atoms with Gasteiger partial charge in [-0.1, -0.05) is 42.5 Å². The second kappa shape index (κ2) is 10.6. The van der Waals surface area contributed by atoms with E-state index in [2.05, 4.69) is 34.9 Å². The maximum absolute atomic E-state index is 13.0. The molecule has 1 unspecified atom stereocenters.